The fourth-order valence-electron chi connectivity index (χ4n) is 2.29. The summed E-state index contributed by atoms with van der Waals surface area (Å²) in [5.41, 5.74) is 3.08. The third-order valence-electron chi connectivity index (χ3n) is 3.39. The van der Waals surface area contributed by atoms with Crippen molar-refractivity contribution < 1.29 is 14.3 Å². The molecule has 0 amide bonds. The second-order valence-electron chi connectivity index (χ2n) is 5.12. The molecule has 25 heavy (non-hydrogen) atoms. The highest BCUT2D eigenvalue weighted by Crippen LogP contribution is 2.28. The first-order valence-electron chi connectivity index (χ1n) is 7.92. The summed E-state index contributed by atoms with van der Waals surface area (Å²) in [6, 6.07) is 19.4. The van der Waals surface area contributed by atoms with E-state index in [9.17, 15) is 4.79 Å². The van der Waals surface area contributed by atoms with Crippen molar-refractivity contribution in [3.05, 3.63) is 60.7 Å². The number of aromatic nitrogens is 3. The summed E-state index contributed by atoms with van der Waals surface area (Å²) in [6.07, 6.45) is 0. The Hall–Kier alpha value is -3.28. The molecule has 1 heterocycles. The minimum absolute atomic E-state index is 0.0339. The molecule has 126 valence electrons. The van der Waals surface area contributed by atoms with Crippen LogP contribution in [0.3, 0.4) is 0 Å². The number of ether oxygens (including phenoxy) is 2. The number of rotatable bonds is 6. The molecule has 0 spiro atoms. The van der Waals surface area contributed by atoms with Crippen LogP contribution in [0.4, 0.5) is 0 Å². The van der Waals surface area contributed by atoms with Crippen molar-refractivity contribution in [3.8, 4) is 28.5 Å². The minimum atomic E-state index is -0.473. The van der Waals surface area contributed by atoms with E-state index in [0.717, 1.165) is 11.1 Å². The van der Waals surface area contributed by atoms with Crippen LogP contribution in [0.15, 0.2) is 60.7 Å². The van der Waals surface area contributed by atoms with Crippen LogP contribution < -0.4 is 4.74 Å². The van der Waals surface area contributed by atoms with Gasteiger partial charge in [0.05, 0.1) is 6.61 Å². The molecule has 1 aromatic heterocycles. The van der Waals surface area contributed by atoms with Gasteiger partial charge in [0.15, 0.2) is 6.61 Å². The van der Waals surface area contributed by atoms with E-state index < -0.39 is 5.97 Å². The molecule has 0 fully saturated rings. The summed E-state index contributed by atoms with van der Waals surface area (Å²) in [4.78, 5) is 15.9. The van der Waals surface area contributed by atoms with Gasteiger partial charge in [-0.15, -0.1) is 5.10 Å². The van der Waals surface area contributed by atoms with Crippen molar-refractivity contribution in [1.29, 1.82) is 0 Å². The van der Waals surface area contributed by atoms with Gasteiger partial charge < -0.3 is 9.47 Å². The molecule has 6 nitrogen and oxygen atoms in total. The molecular weight excluding hydrogens is 318 g/mol. The summed E-state index contributed by atoms with van der Waals surface area (Å²) in [5.74, 6) is -0.473. The number of carbonyl (C=O) groups is 1. The lowest BCUT2D eigenvalue weighted by molar-refractivity contribution is -0.145. The van der Waals surface area contributed by atoms with E-state index in [1.54, 1.807) is 6.92 Å². The zero-order valence-corrected chi connectivity index (χ0v) is 13.8. The van der Waals surface area contributed by atoms with E-state index in [4.69, 9.17) is 9.47 Å². The maximum absolute atomic E-state index is 11.4. The molecule has 0 bridgehead atoms. The number of hydrogen-bond donors (Lipinski definition) is 0. The van der Waals surface area contributed by atoms with Crippen molar-refractivity contribution in [2.75, 3.05) is 13.2 Å². The van der Waals surface area contributed by atoms with E-state index in [-0.39, 0.29) is 12.6 Å². The Morgan fingerprint density at radius 3 is 2.08 bits per heavy atom. The van der Waals surface area contributed by atoms with E-state index in [2.05, 4.69) is 15.2 Å². The predicted octanol–water partition coefficient (Wildman–Crippen LogP) is 3.15. The second-order valence-corrected chi connectivity index (χ2v) is 5.12. The average Bonchev–Trinajstić information content (AvgIpc) is 2.68. The maximum atomic E-state index is 11.4. The summed E-state index contributed by atoms with van der Waals surface area (Å²) < 4.78 is 10.1. The lowest BCUT2D eigenvalue weighted by atomic mass is 10.0. The van der Waals surface area contributed by atoms with Crippen LogP contribution in [-0.2, 0) is 9.53 Å². The molecule has 0 N–H and O–H groups in total. The third kappa shape index (κ3) is 4.17. The van der Waals surface area contributed by atoms with Crippen LogP contribution in [0, 0.1) is 0 Å². The Bertz CT molecular complexity index is 839. The van der Waals surface area contributed by atoms with E-state index in [1.807, 2.05) is 60.7 Å². The molecule has 0 saturated heterocycles. The van der Waals surface area contributed by atoms with Gasteiger partial charge in [-0.1, -0.05) is 65.8 Å². The zero-order chi connectivity index (χ0) is 17.5. The fraction of sp³-hybridized carbons (Fsp3) is 0.158. The van der Waals surface area contributed by atoms with Crippen molar-refractivity contribution in [3.63, 3.8) is 0 Å². The zero-order valence-electron chi connectivity index (χ0n) is 13.8. The van der Waals surface area contributed by atoms with E-state index >= 15 is 0 Å². The number of carbonyl (C=O) groups excluding carboxylic acids is 1. The van der Waals surface area contributed by atoms with Crippen LogP contribution in [-0.4, -0.2) is 34.4 Å². The summed E-state index contributed by atoms with van der Waals surface area (Å²) in [7, 11) is 0. The Morgan fingerprint density at radius 2 is 1.48 bits per heavy atom. The number of hydrogen-bond acceptors (Lipinski definition) is 6. The monoisotopic (exact) mass is 335 g/mol. The fourth-order valence-corrected chi connectivity index (χ4v) is 2.29. The second kappa shape index (κ2) is 8.01. The molecule has 0 aliphatic rings. The Labute approximate surface area is 145 Å². The SMILES string of the molecule is CCOC(=O)COc1nnc(-c2ccccc2)c(-c2ccccc2)n1. The Balaban J connectivity index is 1.95. The highest BCUT2D eigenvalue weighted by molar-refractivity contribution is 5.77. The van der Waals surface area contributed by atoms with Crippen molar-refractivity contribution in [2.45, 2.75) is 6.92 Å². The largest absolute Gasteiger partial charge is 0.463 e. The van der Waals surface area contributed by atoms with Crippen LogP contribution in [0.5, 0.6) is 6.01 Å². The Morgan fingerprint density at radius 1 is 0.880 bits per heavy atom. The van der Waals surface area contributed by atoms with Crippen LogP contribution in [0.25, 0.3) is 22.5 Å². The molecular formula is C19H17N3O3. The molecule has 0 saturated carbocycles. The highest BCUT2D eigenvalue weighted by atomic mass is 16.6. The quantitative estimate of drug-likeness (QED) is 0.644. The smallest absolute Gasteiger partial charge is 0.344 e. The first kappa shape index (κ1) is 16.6. The van der Waals surface area contributed by atoms with Gasteiger partial charge in [-0.05, 0) is 6.92 Å². The summed E-state index contributed by atoms with van der Waals surface area (Å²) >= 11 is 0. The standard InChI is InChI=1S/C19H17N3O3/c1-2-24-16(23)13-25-19-20-17(14-9-5-3-6-10-14)18(21-22-19)15-11-7-4-8-12-15/h3-12H,2,13H2,1H3. The minimum Gasteiger partial charge on any atom is -0.463 e. The summed E-state index contributed by atoms with van der Waals surface area (Å²) in [6.45, 7) is 1.77. The highest BCUT2D eigenvalue weighted by Gasteiger charge is 2.14. The molecule has 2 aromatic carbocycles. The molecule has 6 heteroatoms. The normalized spacial score (nSPS) is 10.3. The predicted molar refractivity (Wildman–Crippen MR) is 92.8 cm³/mol. The van der Waals surface area contributed by atoms with Crippen molar-refractivity contribution in [2.24, 2.45) is 0 Å². The van der Waals surface area contributed by atoms with Gasteiger partial charge in [-0.2, -0.15) is 4.98 Å². The van der Waals surface area contributed by atoms with Gasteiger partial charge in [0, 0.05) is 11.1 Å². The lowest BCUT2D eigenvalue weighted by Crippen LogP contribution is -2.16. The van der Waals surface area contributed by atoms with Crippen LogP contribution >= 0.6 is 0 Å². The number of esters is 1. The molecule has 0 aliphatic heterocycles. The first-order valence-corrected chi connectivity index (χ1v) is 7.92. The summed E-state index contributed by atoms with van der Waals surface area (Å²) in [5, 5.41) is 8.24. The Kier molecular flexibility index (Phi) is 5.31. The van der Waals surface area contributed by atoms with Gasteiger partial charge in [-0.25, -0.2) is 4.79 Å². The number of benzene rings is 2. The van der Waals surface area contributed by atoms with E-state index in [0.29, 0.717) is 18.0 Å². The molecule has 3 rings (SSSR count). The van der Waals surface area contributed by atoms with Crippen LogP contribution in [0.1, 0.15) is 6.92 Å². The topological polar surface area (TPSA) is 74.2 Å². The molecule has 3 aromatic rings. The molecule has 0 unspecified atom stereocenters. The number of nitrogens with zero attached hydrogens (tertiary/aromatic N) is 3. The van der Waals surface area contributed by atoms with Crippen molar-refractivity contribution in [1.82, 2.24) is 15.2 Å². The van der Waals surface area contributed by atoms with Gasteiger partial charge >= 0.3 is 12.0 Å². The van der Waals surface area contributed by atoms with Crippen LogP contribution in [0.2, 0.25) is 0 Å². The molecule has 0 atom stereocenters. The maximum Gasteiger partial charge on any atom is 0.344 e. The van der Waals surface area contributed by atoms with Crippen molar-refractivity contribution >= 4 is 5.97 Å². The van der Waals surface area contributed by atoms with E-state index in [1.165, 1.54) is 0 Å². The van der Waals surface area contributed by atoms with Gasteiger partial charge in [0.25, 0.3) is 0 Å². The first-order chi connectivity index (χ1) is 12.3. The molecule has 0 aliphatic carbocycles. The van der Waals surface area contributed by atoms with Gasteiger partial charge in [-0.3, -0.25) is 0 Å². The lowest BCUT2D eigenvalue weighted by Gasteiger charge is -2.10. The van der Waals surface area contributed by atoms with Gasteiger partial charge in [0.1, 0.15) is 11.4 Å². The average molecular weight is 335 g/mol. The molecule has 0 radical (unpaired) electrons. The third-order valence-corrected chi connectivity index (χ3v) is 3.39. The van der Waals surface area contributed by atoms with Gasteiger partial charge in [0.2, 0.25) is 0 Å².